The Labute approximate surface area is 364 Å². The third-order valence-corrected chi connectivity index (χ3v) is 12.2. The lowest BCUT2D eigenvalue weighted by molar-refractivity contribution is -0.870. The van der Waals surface area contributed by atoms with Crippen LogP contribution in [0.3, 0.4) is 0 Å². The Morgan fingerprint density at radius 3 is 1.94 bits per heavy atom. The van der Waals surface area contributed by atoms with Gasteiger partial charge in [0.25, 0.3) is 0 Å². The van der Waals surface area contributed by atoms with Gasteiger partial charge >= 0.3 is 24.3 Å². The summed E-state index contributed by atoms with van der Waals surface area (Å²) in [7, 11) is 2.05. The average Bonchev–Trinajstić information content (AvgIpc) is 3.62. The van der Waals surface area contributed by atoms with Gasteiger partial charge in [0.1, 0.15) is 28.3 Å². The molecule has 2 aliphatic rings. The number of carboxylic acid groups (broad SMARTS) is 2. The third kappa shape index (κ3) is 14.3. The predicted octanol–water partition coefficient (Wildman–Crippen LogP) is 6.75. The molecule has 344 valence electrons. The molecule has 0 unspecified atom stereocenters. The normalized spacial score (nSPS) is 15.6. The van der Waals surface area contributed by atoms with Gasteiger partial charge in [-0.1, -0.05) is 48.2 Å². The number of rotatable bonds is 11. The van der Waals surface area contributed by atoms with Crippen molar-refractivity contribution in [1.82, 2.24) is 19.5 Å². The molecule has 2 fully saturated rings. The van der Waals surface area contributed by atoms with E-state index >= 15 is 0 Å². The van der Waals surface area contributed by atoms with Crippen LogP contribution in [0.15, 0.2) is 41.3 Å². The van der Waals surface area contributed by atoms with Crippen molar-refractivity contribution in [3.05, 3.63) is 63.3 Å². The number of hydrogen-bond acceptors (Lipinski definition) is 8. The lowest BCUT2D eigenvalue weighted by Gasteiger charge is -2.40. The molecule has 2 aromatic carbocycles. The zero-order valence-electron chi connectivity index (χ0n) is 34.4. The number of sulfonamides is 1. The first-order valence-corrected chi connectivity index (χ1v) is 21.2. The van der Waals surface area contributed by atoms with Gasteiger partial charge in [-0.25, -0.2) is 23.0 Å². The van der Waals surface area contributed by atoms with Crippen LogP contribution in [0.1, 0.15) is 55.3 Å². The number of piperazine rings is 1. The summed E-state index contributed by atoms with van der Waals surface area (Å²) in [6.45, 7) is 6.30. The van der Waals surface area contributed by atoms with Gasteiger partial charge in [-0.2, -0.15) is 31.1 Å². The van der Waals surface area contributed by atoms with Crippen LogP contribution in [0, 0.1) is 13.8 Å². The number of carbonyl (C=O) groups is 4. The van der Waals surface area contributed by atoms with Crippen LogP contribution in [0.25, 0.3) is 10.9 Å². The summed E-state index contributed by atoms with van der Waals surface area (Å²) in [6, 6.07) is 10.5. The summed E-state index contributed by atoms with van der Waals surface area (Å²) in [5.74, 6) is -5.16. The van der Waals surface area contributed by atoms with E-state index in [2.05, 4.69) is 30.8 Å². The smallest absolute Gasteiger partial charge is 0.487 e. The second-order valence-corrected chi connectivity index (χ2v) is 18.1. The number of carbonyl (C=O) groups excluding carboxylic acids is 2. The van der Waals surface area contributed by atoms with Crippen molar-refractivity contribution < 1.29 is 73.4 Å². The Morgan fingerprint density at radius 2 is 1.42 bits per heavy atom. The van der Waals surface area contributed by atoms with Crippen LogP contribution in [-0.4, -0.2) is 133 Å². The summed E-state index contributed by atoms with van der Waals surface area (Å²) in [4.78, 5) is 52.6. The van der Waals surface area contributed by atoms with Gasteiger partial charge in [0.2, 0.25) is 21.8 Å². The van der Waals surface area contributed by atoms with E-state index in [1.54, 1.807) is 15.9 Å². The summed E-state index contributed by atoms with van der Waals surface area (Å²) in [5.41, 5.74) is 1.63. The molecule has 0 atom stereocenters. The Balaban J connectivity index is 0.000000629. The molecule has 1 aromatic heterocycles. The minimum absolute atomic E-state index is 0.0615. The number of nitrogens with zero attached hydrogens (tertiary/aromatic N) is 4. The van der Waals surface area contributed by atoms with E-state index in [-0.39, 0.29) is 33.4 Å². The fourth-order valence-corrected chi connectivity index (χ4v) is 9.02. The maximum atomic E-state index is 14.0. The average molecular weight is 948 g/mol. The molecule has 1 aliphatic heterocycles. The maximum absolute atomic E-state index is 14.0. The van der Waals surface area contributed by atoms with Gasteiger partial charge in [-0.15, -0.1) is 0 Å². The Kier molecular flexibility index (Phi) is 17.4. The number of aromatic nitrogens is 1. The predicted molar refractivity (Wildman–Crippen MR) is 216 cm³/mol. The molecule has 0 bridgehead atoms. The fourth-order valence-electron chi connectivity index (χ4n) is 6.71. The highest BCUT2D eigenvalue weighted by atomic mass is 35.5. The van der Waals surface area contributed by atoms with Crippen LogP contribution in [-0.2, 0) is 35.8 Å². The highest BCUT2D eigenvalue weighted by Gasteiger charge is 2.47. The number of amides is 2. The van der Waals surface area contributed by atoms with Gasteiger partial charge in [0.05, 0.1) is 32.7 Å². The minimum Gasteiger partial charge on any atom is -0.487 e. The highest BCUT2D eigenvalue weighted by molar-refractivity contribution is 7.89. The number of alkyl halides is 6. The molecule has 0 spiro atoms. The van der Waals surface area contributed by atoms with E-state index in [1.807, 2.05) is 32.0 Å². The molecule has 1 aliphatic carbocycles. The fraction of sp³-hybridized carbons (Fsp3) is 0.513. The first kappa shape index (κ1) is 51.9. The minimum atomic E-state index is -5.08. The van der Waals surface area contributed by atoms with Crippen LogP contribution < -0.4 is 9.46 Å². The second-order valence-electron chi connectivity index (χ2n) is 15.7. The van der Waals surface area contributed by atoms with Crippen molar-refractivity contribution in [3.63, 3.8) is 0 Å². The molecular formula is C39H48Cl2F6N5O9S+. The standard InChI is InChI=1S/C35H46Cl2N5O5S.2C2HF3O2/c1-24-22-25(2)38-33-26(24)10-8-11-29(33)47-23-27-28(36)13-14-30(32(27)37)48(45,46)39-35(15-6-7-16-35)34(44)41-19-17-40(18-20-41)31(43)12-9-21-42(3,4)5;2*3-2(4,5)1(6)7/h8,10-11,13-14,22,39H,6-7,9,12,15-21,23H2,1-5H3;2*(H,6,7)/q+1;;. The molecule has 23 heteroatoms. The van der Waals surface area contributed by atoms with Gasteiger partial charge < -0.3 is 29.2 Å². The van der Waals surface area contributed by atoms with Crippen molar-refractivity contribution in [1.29, 1.82) is 0 Å². The topological polar surface area (TPSA) is 184 Å². The molecule has 62 heavy (non-hydrogen) atoms. The Morgan fingerprint density at radius 1 is 0.887 bits per heavy atom. The zero-order chi connectivity index (χ0) is 47.0. The number of para-hydroxylation sites is 1. The lowest BCUT2D eigenvalue weighted by Crippen LogP contribution is -2.61. The van der Waals surface area contributed by atoms with E-state index in [4.69, 9.17) is 47.7 Å². The van der Waals surface area contributed by atoms with Gasteiger partial charge in [0.15, 0.2) is 0 Å². The molecule has 1 saturated heterocycles. The second kappa shape index (κ2) is 20.8. The van der Waals surface area contributed by atoms with E-state index in [0.717, 1.165) is 34.1 Å². The molecule has 0 radical (unpaired) electrons. The largest absolute Gasteiger partial charge is 0.490 e. The zero-order valence-corrected chi connectivity index (χ0v) is 36.8. The van der Waals surface area contributed by atoms with Gasteiger partial charge in [0, 0.05) is 60.7 Å². The number of carboxylic acids is 2. The van der Waals surface area contributed by atoms with Gasteiger partial charge in [-0.3, -0.25) is 9.59 Å². The summed E-state index contributed by atoms with van der Waals surface area (Å²) >= 11 is 13.3. The molecule has 5 rings (SSSR count). The number of nitrogens with one attached hydrogen (secondary N) is 1. The molecule has 3 aromatic rings. The molecule has 3 N–H and O–H groups in total. The van der Waals surface area contributed by atoms with Crippen LogP contribution in [0.5, 0.6) is 5.75 Å². The molecular weight excluding hydrogens is 899 g/mol. The number of pyridine rings is 1. The number of aliphatic carboxylic acids is 2. The lowest BCUT2D eigenvalue weighted by atomic mass is 9.96. The van der Waals surface area contributed by atoms with Crippen molar-refractivity contribution in [2.45, 2.75) is 81.8 Å². The number of fused-ring (bicyclic) bond motifs is 1. The molecule has 2 amide bonds. The van der Waals surface area contributed by atoms with Crippen molar-refractivity contribution in [2.24, 2.45) is 0 Å². The monoisotopic (exact) mass is 946 g/mol. The van der Waals surface area contributed by atoms with Crippen molar-refractivity contribution in [2.75, 3.05) is 53.9 Å². The van der Waals surface area contributed by atoms with E-state index in [9.17, 15) is 44.3 Å². The maximum Gasteiger partial charge on any atom is 0.490 e. The van der Waals surface area contributed by atoms with Crippen molar-refractivity contribution in [3.8, 4) is 5.75 Å². The first-order chi connectivity index (χ1) is 28.5. The number of hydrogen-bond donors (Lipinski definition) is 3. The van der Waals surface area contributed by atoms with Crippen LogP contribution >= 0.6 is 23.2 Å². The number of quaternary nitrogens is 1. The summed E-state index contributed by atoms with van der Waals surface area (Å²) < 4.78 is 101. The Hall–Kier alpha value is -4.44. The van der Waals surface area contributed by atoms with Crippen molar-refractivity contribution >= 4 is 67.9 Å². The van der Waals surface area contributed by atoms with E-state index in [1.165, 1.54) is 12.1 Å². The van der Waals surface area contributed by atoms with Gasteiger partial charge in [-0.05, 0) is 56.5 Å². The summed E-state index contributed by atoms with van der Waals surface area (Å²) in [5, 5.41) is 15.4. The van der Waals surface area contributed by atoms with Crippen LogP contribution in [0.2, 0.25) is 10.0 Å². The van der Waals surface area contributed by atoms with E-state index in [0.29, 0.717) is 75.1 Å². The van der Waals surface area contributed by atoms with E-state index < -0.39 is 39.9 Å². The third-order valence-electron chi connectivity index (χ3n) is 9.77. The number of ether oxygens (including phenoxy) is 1. The molecule has 2 heterocycles. The molecule has 14 nitrogen and oxygen atoms in total. The quantitative estimate of drug-likeness (QED) is 0.137. The number of aryl methyl sites for hydroxylation is 2. The Bertz CT molecular complexity index is 2200. The summed E-state index contributed by atoms with van der Waals surface area (Å²) in [6.07, 6.45) is -6.71. The SMILES string of the molecule is Cc1cc(C)c2cccc(OCc3c(Cl)ccc(S(=O)(=O)NC4(C(=O)N5CCN(C(=O)CCC[N+](C)(C)C)CC5)CCCC4)c3Cl)c2n1.O=C(O)C(F)(F)F.O=C(O)C(F)(F)F. The van der Waals surface area contributed by atoms with Crippen LogP contribution in [0.4, 0.5) is 26.3 Å². The highest BCUT2D eigenvalue weighted by Crippen LogP contribution is 2.37. The molecule has 1 saturated carbocycles. The number of halogens is 8. The first-order valence-electron chi connectivity index (χ1n) is 19.0. The number of benzene rings is 2.